The molecule has 1 aliphatic heterocycles. The van der Waals surface area contributed by atoms with Gasteiger partial charge in [0.2, 0.25) is 70.9 Å². The smallest absolute Gasteiger partial charge is 0.293 e. The molecule has 1 fully saturated rings. The van der Waals surface area contributed by atoms with Crippen molar-refractivity contribution in [3.63, 3.8) is 0 Å². The first kappa shape index (κ1) is 100. The number of thioether (sulfide) groups is 1. The molecule has 0 spiro atoms. The minimum Gasteiger partial charge on any atom is -0.508 e. The van der Waals surface area contributed by atoms with Crippen LogP contribution in [-0.4, -0.2) is 255 Å². The summed E-state index contributed by atoms with van der Waals surface area (Å²) in [6, 6.07) is 26.0. The zero-order chi connectivity index (χ0) is 93.4. The summed E-state index contributed by atoms with van der Waals surface area (Å²) in [6.07, 6.45) is 0.625. The molecule has 8 rings (SSSR count). The summed E-state index contributed by atoms with van der Waals surface area (Å²) >= 11 is 0.860. The number of carbonyl (C=O) groups is 16. The van der Waals surface area contributed by atoms with Crippen LogP contribution in [0.15, 0.2) is 162 Å². The third kappa shape index (κ3) is 30.1. The van der Waals surface area contributed by atoms with E-state index in [1.165, 1.54) is 94.9 Å². The van der Waals surface area contributed by atoms with Gasteiger partial charge in [0.15, 0.2) is 11.6 Å². The largest absolute Gasteiger partial charge is 0.508 e. The highest BCUT2D eigenvalue weighted by molar-refractivity contribution is 8.00. The molecule has 0 saturated carbocycles. The van der Waals surface area contributed by atoms with Gasteiger partial charge in [0.25, 0.3) is 6.47 Å². The van der Waals surface area contributed by atoms with Crippen LogP contribution in [0.3, 0.4) is 0 Å². The standard InChI is InChI=1S/C94H119N13O20S/c1-11-12-29-78-93(124)103(6)51-67(111)46-64(53-126-56-108)82(113)49-70(58(4)5)90(121)106(9)79(44-59-22-15-13-16-23-59)89(120)101-75(43-62-32-36-66(110)37-33-62)91(122)104(7)52-84(115)97-74(47-63-50-96-71-28-20-19-27-69(63)71)88(119)100-73(42-61-30-34-65(109)35-31-61)87(118)99-72(41-57(2)3)86(117)102-77(81(112)38-39-83(95)114)54-128-55-85(116)98-76(48-68-26-21-40-127-68)92(123)107(10)80(94(125)105(78)8)45-60-24-17-14-18-25-60/h13-28,30-37,40,50,56-58,64,70,72-80,96,109-110H,11-12,29,38-39,41-49,51-55H2,1-10H3,(H2,95,114)(H,97,115)(H,98,116)(H,99,118)(H,100,119)(H,101,120)(H,102,117)/t64-,70-,72-,73-,74-,75-,76-,77-,78-,79-,80-/m0/s1. The molecule has 1 saturated heterocycles. The van der Waals surface area contributed by atoms with E-state index in [1.54, 1.807) is 131 Å². The summed E-state index contributed by atoms with van der Waals surface area (Å²) < 4.78 is 10.8. The zero-order valence-electron chi connectivity index (χ0n) is 74.0. The number of hydrogen-bond donors (Lipinski definition) is 10. The van der Waals surface area contributed by atoms with Gasteiger partial charge in [-0.15, -0.1) is 11.8 Å². The lowest BCUT2D eigenvalue weighted by Crippen LogP contribution is -2.59. The molecule has 0 aliphatic carbocycles. The number of ketones is 3. The molecule has 1 aliphatic rings. The van der Waals surface area contributed by atoms with Crippen molar-refractivity contribution in [1.82, 2.24) is 61.4 Å². The van der Waals surface area contributed by atoms with E-state index in [2.05, 4.69) is 36.9 Å². The Morgan fingerprint density at radius 2 is 1.06 bits per heavy atom. The van der Waals surface area contributed by atoms with Crippen molar-refractivity contribution in [2.75, 3.05) is 66.4 Å². The van der Waals surface area contributed by atoms with E-state index in [0.29, 0.717) is 51.6 Å². The number of nitrogens with one attached hydrogen (secondary N) is 7. The molecule has 5 aromatic carbocycles. The molecule has 3 heterocycles. The maximum absolute atomic E-state index is 15.5. The number of likely N-dealkylation sites (N-methyl/N-ethyl adjacent to an activating group) is 5. The number of aromatic hydroxyl groups is 2. The fourth-order valence-electron chi connectivity index (χ4n) is 15.3. The predicted octanol–water partition coefficient (Wildman–Crippen LogP) is 5.03. The Balaban J connectivity index is 1.21. The number of phenols is 2. The van der Waals surface area contributed by atoms with E-state index >= 15 is 38.4 Å². The molecule has 2 aromatic heterocycles. The maximum atomic E-state index is 15.5. The number of Topliss-reactive ketones (excluding diaryl/α,β-unsaturated/α-hetero) is 3. The highest BCUT2D eigenvalue weighted by atomic mass is 32.2. The lowest BCUT2D eigenvalue weighted by Gasteiger charge is -2.37. The molecule has 11 N–H and O–H groups in total. The molecule has 33 nitrogen and oxygen atoms in total. The fourth-order valence-corrected chi connectivity index (χ4v) is 16.2. The number of para-hydroxylation sites is 1. The third-order valence-corrected chi connectivity index (χ3v) is 23.7. The molecule has 12 amide bonds. The highest BCUT2D eigenvalue weighted by Crippen LogP contribution is 2.28. The average Bonchev–Trinajstić information content (AvgIpc) is 1.11. The molecular formula is C94H119N13O20S. The van der Waals surface area contributed by atoms with Gasteiger partial charge in [0.1, 0.15) is 78.0 Å². The van der Waals surface area contributed by atoms with Crippen LogP contribution in [0.4, 0.5) is 0 Å². The molecule has 686 valence electrons. The van der Waals surface area contributed by atoms with Gasteiger partial charge in [-0.1, -0.05) is 151 Å². The number of nitrogens with zero attached hydrogens (tertiary/aromatic N) is 5. The van der Waals surface area contributed by atoms with Crippen LogP contribution in [0, 0.1) is 23.7 Å². The summed E-state index contributed by atoms with van der Waals surface area (Å²) in [5, 5.41) is 38.1. The quantitative estimate of drug-likeness (QED) is 0.0335. The van der Waals surface area contributed by atoms with Gasteiger partial charge < -0.3 is 86.5 Å². The number of aromatic amines is 1. The highest BCUT2D eigenvalue weighted by Gasteiger charge is 2.42. The van der Waals surface area contributed by atoms with Crippen molar-refractivity contribution >= 4 is 117 Å². The van der Waals surface area contributed by atoms with Crippen LogP contribution in [0.2, 0.25) is 0 Å². The van der Waals surface area contributed by atoms with Gasteiger partial charge in [0, 0.05) is 128 Å². The molecular weight excluding hydrogens is 1660 g/mol. The predicted molar refractivity (Wildman–Crippen MR) is 478 cm³/mol. The number of amides is 12. The second-order valence-electron chi connectivity index (χ2n) is 33.3. The van der Waals surface area contributed by atoms with Crippen LogP contribution in [0.1, 0.15) is 120 Å². The minimum atomic E-state index is -1.58. The Morgan fingerprint density at radius 3 is 1.65 bits per heavy atom. The number of carbonyl (C=O) groups excluding carboxylic acids is 16. The van der Waals surface area contributed by atoms with Gasteiger partial charge in [-0.25, -0.2) is 0 Å². The third-order valence-electron chi connectivity index (χ3n) is 22.6. The second-order valence-corrected chi connectivity index (χ2v) is 34.4. The second kappa shape index (κ2) is 49.2. The number of furan rings is 1. The van der Waals surface area contributed by atoms with Gasteiger partial charge >= 0.3 is 0 Å². The summed E-state index contributed by atoms with van der Waals surface area (Å²) in [7, 11) is 6.75. The summed E-state index contributed by atoms with van der Waals surface area (Å²) in [4.78, 5) is 243. The Kier molecular flexibility index (Phi) is 38.6. The number of benzene rings is 5. The molecule has 0 radical (unpaired) electrons. The zero-order valence-corrected chi connectivity index (χ0v) is 74.8. The number of unbranched alkanes of at least 4 members (excludes halogenated alkanes) is 1. The molecule has 11 atom stereocenters. The number of ether oxygens (including phenoxy) is 1. The molecule has 7 aromatic rings. The molecule has 128 heavy (non-hydrogen) atoms. The molecule has 0 unspecified atom stereocenters. The molecule has 0 bridgehead atoms. The minimum absolute atomic E-state index is 0.0690. The number of nitrogens with two attached hydrogens (primary N) is 1. The first-order valence-corrected chi connectivity index (χ1v) is 44.0. The van der Waals surface area contributed by atoms with Crippen LogP contribution in [0.25, 0.3) is 10.9 Å². The van der Waals surface area contributed by atoms with Gasteiger partial charge in [-0.2, -0.15) is 0 Å². The Bertz CT molecular complexity index is 4970. The number of aromatic nitrogens is 1. The maximum Gasteiger partial charge on any atom is 0.293 e. The number of hydrogen-bond acceptors (Lipinski definition) is 21. The summed E-state index contributed by atoms with van der Waals surface area (Å²) in [5.41, 5.74) is 8.72. The fraction of sp³-hybridized carbons (Fsp3) is 0.447. The van der Waals surface area contributed by atoms with Crippen molar-refractivity contribution < 1.29 is 96.1 Å². The van der Waals surface area contributed by atoms with Crippen molar-refractivity contribution in [3.8, 4) is 11.5 Å². The number of fused-ring (bicyclic) bond motifs is 1. The number of phenolic OH excluding ortho intramolecular Hbond substituents is 2. The topological polar surface area (TPSA) is 466 Å². The SMILES string of the molecule is CCCC[C@H]1C(=O)N(C)CC(=O)C[C@@H](COC=O)C(=O)C[C@@H](C(C)C)C(=O)N(C)[C@@H](Cc2ccccc2)C(=O)N[C@@H](Cc2ccc(O)cc2)C(=O)N(C)CC(=O)N[C@@H](Cc2c[nH]c3ccccc23)C(=O)N[C@@H](Cc2ccc(O)cc2)C(=O)N[C@@H](CC(C)C)C(=O)N[C@H](C(=O)CCC(N)=O)CSCC(=O)N[C@@H](Cc2ccco2)C(=O)N(C)[C@@H](Cc2ccccc2)C(=O)N1C. The Labute approximate surface area is 748 Å². The van der Waals surface area contributed by atoms with Gasteiger partial charge in [-0.3, -0.25) is 76.7 Å². The number of primary amides is 1. The Morgan fingerprint density at radius 1 is 0.531 bits per heavy atom. The van der Waals surface area contributed by atoms with Crippen LogP contribution in [-0.2, 0) is 120 Å². The van der Waals surface area contributed by atoms with Crippen LogP contribution >= 0.6 is 11.8 Å². The van der Waals surface area contributed by atoms with Crippen molar-refractivity contribution in [3.05, 3.63) is 192 Å². The van der Waals surface area contributed by atoms with Crippen LogP contribution in [0.5, 0.6) is 11.5 Å². The van der Waals surface area contributed by atoms with E-state index in [9.17, 15) is 48.6 Å². The number of H-pyrrole nitrogens is 1. The normalized spacial score (nSPS) is 22.1. The average molecular weight is 1780 g/mol. The van der Waals surface area contributed by atoms with E-state index in [4.69, 9.17) is 14.9 Å². The van der Waals surface area contributed by atoms with Crippen molar-refractivity contribution in [2.45, 2.75) is 179 Å². The van der Waals surface area contributed by atoms with E-state index < -0.39 is 211 Å². The van der Waals surface area contributed by atoms with Crippen molar-refractivity contribution in [1.29, 1.82) is 0 Å². The van der Waals surface area contributed by atoms with Crippen LogP contribution < -0.4 is 37.6 Å². The van der Waals surface area contributed by atoms with E-state index in [-0.39, 0.29) is 86.8 Å². The van der Waals surface area contributed by atoms with Crippen molar-refractivity contribution in [2.24, 2.45) is 29.4 Å². The summed E-state index contributed by atoms with van der Waals surface area (Å²) in [6.45, 7) is 6.84. The lowest BCUT2D eigenvalue weighted by atomic mass is 9.84. The first-order chi connectivity index (χ1) is 61.0. The van der Waals surface area contributed by atoms with Gasteiger partial charge in [0.05, 0.1) is 37.1 Å². The first-order valence-electron chi connectivity index (χ1n) is 42.8. The van der Waals surface area contributed by atoms with Gasteiger partial charge in [-0.05, 0) is 95.0 Å². The Hall–Kier alpha value is -13.0. The summed E-state index contributed by atoms with van der Waals surface area (Å²) in [5.74, 6) is -16.2. The number of rotatable bonds is 25. The lowest BCUT2D eigenvalue weighted by molar-refractivity contribution is -0.151. The van der Waals surface area contributed by atoms with E-state index in [0.717, 1.165) is 31.4 Å². The van der Waals surface area contributed by atoms with E-state index in [1.807, 2.05) is 6.92 Å². The monoisotopic (exact) mass is 1780 g/mol. The molecule has 34 heteroatoms.